The average molecular weight is 254 g/mol. The molecule has 5 heteroatoms. The molecule has 0 radical (unpaired) electrons. The van der Waals surface area contributed by atoms with Crippen molar-refractivity contribution in [3.8, 4) is 0 Å². The zero-order chi connectivity index (χ0) is 13.7. The molecule has 2 N–H and O–H groups in total. The molecule has 18 heavy (non-hydrogen) atoms. The van der Waals surface area contributed by atoms with Crippen molar-refractivity contribution in [3.05, 3.63) is 12.2 Å². The van der Waals surface area contributed by atoms with Crippen molar-refractivity contribution in [3.63, 3.8) is 0 Å². The van der Waals surface area contributed by atoms with E-state index in [9.17, 15) is 9.59 Å². The second-order valence-electron chi connectivity index (χ2n) is 4.70. The van der Waals surface area contributed by atoms with Gasteiger partial charge in [-0.3, -0.25) is 4.79 Å². The molecule has 102 valence electrons. The fraction of sp³-hybridized carbons (Fsp3) is 0.692. The van der Waals surface area contributed by atoms with E-state index in [2.05, 4.69) is 5.32 Å². The van der Waals surface area contributed by atoms with Gasteiger partial charge in [0.05, 0.1) is 12.0 Å². The normalized spacial score (nSPS) is 22.2. The molecule has 5 nitrogen and oxygen atoms in total. The Morgan fingerprint density at radius 1 is 1.39 bits per heavy atom. The van der Waals surface area contributed by atoms with E-state index in [1.54, 1.807) is 24.1 Å². The van der Waals surface area contributed by atoms with Crippen LogP contribution in [0.3, 0.4) is 0 Å². The van der Waals surface area contributed by atoms with Crippen molar-refractivity contribution in [1.29, 1.82) is 0 Å². The van der Waals surface area contributed by atoms with Crippen LogP contribution in [0.2, 0.25) is 0 Å². The molecule has 0 saturated carbocycles. The van der Waals surface area contributed by atoms with Crippen molar-refractivity contribution in [2.24, 2.45) is 5.92 Å². The topological polar surface area (TPSA) is 69.6 Å². The number of carboxylic acid groups (broad SMARTS) is 1. The van der Waals surface area contributed by atoms with E-state index in [0.29, 0.717) is 6.42 Å². The van der Waals surface area contributed by atoms with Crippen LogP contribution in [-0.4, -0.2) is 41.1 Å². The fourth-order valence-corrected chi connectivity index (χ4v) is 2.25. The predicted molar refractivity (Wildman–Crippen MR) is 69.3 cm³/mol. The summed E-state index contributed by atoms with van der Waals surface area (Å²) in [6.07, 6.45) is 5.68. The van der Waals surface area contributed by atoms with Gasteiger partial charge in [-0.05, 0) is 19.3 Å². The Hall–Kier alpha value is -1.52. The summed E-state index contributed by atoms with van der Waals surface area (Å²) in [6, 6.07) is -0.0783. The minimum Gasteiger partial charge on any atom is -0.481 e. The second-order valence-corrected chi connectivity index (χ2v) is 4.70. The summed E-state index contributed by atoms with van der Waals surface area (Å²) >= 11 is 0. The fourth-order valence-electron chi connectivity index (χ4n) is 2.25. The van der Waals surface area contributed by atoms with Crippen molar-refractivity contribution >= 4 is 12.0 Å². The molecule has 2 amide bonds. The molecule has 1 rings (SSSR count). The Kier molecular flexibility index (Phi) is 5.19. The maximum Gasteiger partial charge on any atom is 0.317 e. The lowest BCUT2D eigenvalue weighted by Gasteiger charge is -2.27. The zero-order valence-corrected chi connectivity index (χ0v) is 11.2. The number of hydrogen-bond donors (Lipinski definition) is 2. The standard InChI is InChI=1S/C13H22N2O3/c1-4-11(5-2)15(3)13(18)14-10-7-6-9(8-10)12(16)17/h6-7,9-11H,4-5,8H2,1-3H3,(H,14,18)(H,16,17). The summed E-state index contributed by atoms with van der Waals surface area (Å²) in [5.74, 6) is -1.31. The lowest BCUT2D eigenvalue weighted by Crippen LogP contribution is -2.46. The molecular weight excluding hydrogens is 232 g/mol. The summed E-state index contributed by atoms with van der Waals surface area (Å²) in [5, 5.41) is 11.7. The molecular formula is C13H22N2O3. The van der Waals surface area contributed by atoms with E-state index in [4.69, 9.17) is 5.11 Å². The summed E-state index contributed by atoms with van der Waals surface area (Å²) in [5.41, 5.74) is 0. The van der Waals surface area contributed by atoms with Crippen molar-refractivity contribution < 1.29 is 14.7 Å². The molecule has 0 bridgehead atoms. The lowest BCUT2D eigenvalue weighted by molar-refractivity contribution is -0.140. The van der Waals surface area contributed by atoms with Gasteiger partial charge < -0.3 is 15.3 Å². The summed E-state index contributed by atoms with van der Waals surface area (Å²) < 4.78 is 0. The molecule has 2 unspecified atom stereocenters. The highest BCUT2D eigenvalue weighted by Gasteiger charge is 2.27. The van der Waals surface area contributed by atoms with Gasteiger partial charge in [-0.1, -0.05) is 26.0 Å². The third kappa shape index (κ3) is 3.48. The lowest BCUT2D eigenvalue weighted by atomic mass is 10.1. The molecule has 1 aliphatic carbocycles. The van der Waals surface area contributed by atoms with Gasteiger partial charge in [0.15, 0.2) is 0 Å². The van der Waals surface area contributed by atoms with E-state index in [-0.39, 0.29) is 18.1 Å². The average Bonchev–Trinajstić information content (AvgIpc) is 2.79. The van der Waals surface area contributed by atoms with E-state index in [1.807, 2.05) is 13.8 Å². The minimum absolute atomic E-state index is 0.135. The first-order chi connectivity index (χ1) is 8.49. The van der Waals surface area contributed by atoms with Gasteiger partial charge in [-0.15, -0.1) is 0 Å². The van der Waals surface area contributed by atoms with Crippen LogP contribution >= 0.6 is 0 Å². The highest BCUT2D eigenvalue weighted by atomic mass is 16.4. The Morgan fingerprint density at radius 2 is 2.00 bits per heavy atom. The first kappa shape index (κ1) is 14.5. The molecule has 0 aromatic carbocycles. The number of carbonyl (C=O) groups is 2. The molecule has 0 aromatic heterocycles. The van der Waals surface area contributed by atoms with Crippen LogP contribution in [0.1, 0.15) is 33.1 Å². The van der Waals surface area contributed by atoms with Crippen LogP contribution in [0.25, 0.3) is 0 Å². The number of amides is 2. The number of nitrogens with one attached hydrogen (secondary N) is 1. The van der Waals surface area contributed by atoms with E-state index in [1.165, 1.54) is 0 Å². The number of urea groups is 1. The van der Waals surface area contributed by atoms with E-state index >= 15 is 0 Å². The number of hydrogen-bond acceptors (Lipinski definition) is 2. The molecule has 1 aliphatic rings. The largest absolute Gasteiger partial charge is 0.481 e. The van der Waals surface area contributed by atoms with Crippen molar-refractivity contribution in [2.75, 3.05) is 7.05 Å². The van der Waals surface area contributed by atoms with Crippen LogP contribution in [0.4, 0.5) is 4.79 Å². The van der Waals surface area contributed by atoms with Gasteiger partial charge in [-0.2, -0.15) is 0 Å². The zero-order valence-electron chi connectivity index (χ0n) is 11.2. The van der Waals surface area contributed by atoms with Crippen LogP contribution in [0, 0.1) is 5.92 Å². The van der Waals surface area contributed by atoms with E-state index < -0.39 is 11.9 Å². The number of carbonyl (C=O) groups excluding carboxylic acids is 1. The van der Waals surface area contributed by atoms with Crippen LogP contribution in [0.15, 0.2) is 12.2 Å². The second kappa shape index (κ2) is 6.42. The number of rotatable bonds is 5. The van der Waals surface area contributed by atoms with Crippen molar-refractivity contribution in [1.82, 2.24) is 10.2 Å². The maximum absolute atomic E-state index is 12.0. The molecule has 0 saturated heterocycles. The van der Waals surface area contributed by atoms with E-state index in [0.717, 1.165) is 12.8 Å². The van der Waals surface area contributed by atoms with Gasteiger partial charge in [-0.25, -0.2) is 4.79 Å². The Bertz CT molecular complexity index is 337. The third-order valence-electron chi connectivity index (χ3n) is 3.52. The van der Waals surface area contributed by atoms with Gasteiger partial charge >= 0.3 is 12.0 Å². The summed E-state index contributed by atoms with van der Waals surface area (Å²) in [6.45, 7) is 4.10. The highest BCUT2D eigenvalue weighted by molar-refractivity contribution is 5.76. The van der Waals surface area contributed by atoms with Crippen LogP contribution in [-0.2, 0) is 4.79 Å². The van der Waals surface area contributed by atoms with Crippen LogP contribution in [0.5, 0.6) is 0 Å². The molecule has 0 aromatic rings. The SMILES string of the molecule is CCC(CC)N(C)C(=O)NC1C=CC(C(=O)O)C1. The molecule has 0 spiro atoms. The molecule has 0 heterocycles. The Morgan fingerprint density at radius 3 is 2.44 bits per heavy atom. The first-order valence-electron chi connectivity index (χ1n) is 6.44. The smallest absolute Gasteiger partial charge is 0.317 e. The van der Waals surface area contributed by atoms with Crippen LogP contribution < -0.4 is 5.32 Å². The number of aliphatic carboxylic acids is 1. The summed E-state index contributed by atoms with van der Waals surface area (Å²) in [7, 11) is 1.78. The molecule has 2 atom stereocenters. The van der Waals surface area contributed by atoms with Gasteiger partial charge in [0.25, 0.3) is 0 Å². The number of nitrogens with zero attached hydrogens (tertiary/aromatic N) is 1. The molecule has 0 aliphatic heterocycles. The van der Waals surface area contributed by atoms with Gasteiger partial charge in [0, 0.05) is 13.1 Å². The Balaban J connectivity index is 2.47. The van der Waals surface area contributed by atoms with Crippen molar-refractivity contribution in [2.45, 2.75) is 45.2 Å². The number of carboxylic acids is 1. The van der Waals surface area contributed by atoms with Gasteiger partial charge in [0.1, 0.15) is 0 Å². The van der Waals surface area contributed by atoms with Gasteiger partial charge in [0.2, 0.25) is 0 Å². The third-order valence-corrected chi connectivity index (χ3v) is 3.52. The highest BCUT2D eigenvalue weighted by Crippen LogP contribution is 2.18. The Labute approximate surface area is 108 Å². The predicted octanol–water partition coefficient (Wildman–Crippen LogP) is 1.85. The maximum atomic E-state index is 12.0. The minimum atomic E-state index is -0.837. The summed E-state index contributed by atoms with van der Waals surface area (Å²) in [4.78, 5) is 24.5. The molecule has 0 fully saturated rings. The first-order valence-corrected chi connectivity index (χ1v) is 6.44. The monoisotopic (exact) mass is 254 g/mol. The quantitative estimate of drug-likeness (QED) is 0.735.